The van der Waals surface area contributed by atoms with E-state index in [0.29, 0.717) is 32.7 Å². The number of nitrogens with one attached hydrogen (secondary N) is 2. The van der Waals surface area contributed by atoms with Gasteiger partial charge in [-0.3, -0.25) is 4.79 Å². The van der Waals surface area contributed by atoms with Gasteiger partial charge in [0, 0.05) is 59.4 Å². The molecule has 11 heteroatoms. The minimum absolute atomic E-state index is 0.0940. The van der Waals surface area contributed by atoms with Crippen LogP contribution in [0.25, 0.3) is 22.2 Å². The maximum Gasteiger partial charge on any atom is 0.345 e. The molecule has 0 atom stereocenters. The lowest BCUT2D eigenvalue weighted by molar-refractivity contribution is 0.0698. The number of carbonyl (C=O) groups is 1. The van der Waals surface area contributed by atoms with Crippen molar-refractivity contribution in [2.45, 2.75) is 5.03 Å². The van der Waals surface area contributed by atoms with E-state index in [0.717, 1.165) is 0 Å². The zero-order chi connectivity index (χ0) is 23.9. The second-order valence-electron chi connectivity index (χ2n) is 7.90. The van der Waals surface area contributed by atoms with Crippen molar-refractivity contribution in [3.63, 3.8) is 0 Å². The molecule has 1 saturated heterocycles. The Morgan fingerprint density at radius 2 is 1.74 bits per heavy atom. The van der Waals surface area contributed by atoms with Gasteiger partial charge in [0.2, 0.25) is 0 Å². The van der Waals surface area contributed by atoms with Crippen molar-refractivity contribution >= 4 is 38.4 Å². The number of fused-ring (bicyclic) bond motifs is 1. The smallest absolute Gasteiger partial charge is 0.345 e. The van der Waals surface area contributed by atoms with Crippen LogP contribution in [0.5, 0.6) is 0 Å². The van der Waals surface area contributed by atoms with Gasteiger partial charge in [-0.1, -0.05) is 29.8 Å². The van der Waals surface area contributed by atoms with Gasteiger partial charge < -0.3 is 14.9 Å². The minimum Gasteiger partial charge on any atom is -0.345 e. The molecule has 34 heavy (non-hydrogen) atoms. The van der Waals surface area contributed by atoms with Gasteiger partial charge in [0.1, 0.15) is 5.03 Å². The predicted octanol–water partition coefficient (Wildman–Crippen LogP) is 2.72. The van der Waals surface area contributed by atoms with Crippen molar-refractivity contribution in [1.29, 1.82) is 0 Å². The number of H-pyrrole nitrogens is 2. The van der Waals surface area contributed by atoms with Crippen LogP contribution in [0.15, 0.2) is 70.6 Å². The molecule has 5 rings (SSSR count). The first kappa shape index (κ1) is 22.3. The van der Waals surface area contributed by atoms with Crippen molar-refractivity contribution in [2.24, 2.45) is 0 Å². The van der Waals surface area contributed by atoms with E-state index in [-0.39, 0.29) is 37.1 Å². The first-order chi connectivity index (χ1) is 16.3. The van der Waals surface area contributed by atoms with Gasteiger partial charge in [0.15, 0.2) is 0 Å². The average molecular weight is 498 g/mol. The molecule has 1 aliphatic heterocycles. The number of sulfonamides is 1. The van der Waals surface area contributed by atoms with Crippen LogP contribution in [0.2, 0.25) is 5.02 Å². The predicted molar refractivity (Wildman–Crippen MR) is 128 cm³/mol. The maximum atomic E-state index is 13.3. The molecule has 0 unspecified atom stereocenters. The van der Waals surface area contributed by atoms with Gasteiger partial charge in [-0.05, 0) is 36.4 Å². The molecule has 1 fully saturated rings. The quantitative estimate of drug-likeness (QED) is 0.449. The van der Waals surface area contributed by atoms with E-state index in [1.165, 1.54) is 10.5 Å². The van der Waals surface area contributed by atoms with Gasteiger partial charge >= 0.3 is 5.69 Å². The number of carbonyl (C=O) groups excluding carboxylic acids is 1. The molecule has 2 N–H and O–H groups in total. The molecule has 0 aliphatic carbocycles. The lowest BCUT2D eigenvalue weighted by Crippen LogP contribution is -2.50. The molecular weight excluding hydrogens is 478 g/mol. The lowest BCUT2D eigenvalue weighted by Gasteiger charge is -2.34. The fraction of sp³-hybridized carbons (Fsp3) is 0.174. The second kappa shape index (κ2) is 8.71. The Morgan fingerprint density at radius 3 is 2.50 bits per heavy atom. The monoisotopic (exact) mass is 497 g/mol. The topological polar surface area (TPSA) is 119 Å². The molecule has 174 valence electrons. The summed E-state index contributed by atoms with van der Waals surface area (Å²) in [5, 5.41) is 1.33. The molecule has 0 saturated carbocycles. The van der Waals surface area contributed by atoms with Crippen LogP contribution < -0.4 is 5.69 Å². The molecule has 2 aromatic heterocycles. The summed E-state index contributed by atoms with van der Waals surface area (Å²) in [6.45, 7) is 0.813. The molecule has 4 aromatic rings. The highest BCUT2D eigenvalue weighted by atomic mass is 35.5. The van der Waals surface area contributed by atoms with Gasteiger partial charge in [-0.2, -0.15) is 4.31 Å². The van der Waals surface area contributed by atoms with Crippen molar-refractivity contribution in [2.75, 3.05) is 26.2 Å². The molecular formula is C23H20ClN5O4S. The van der Waals surface area contributed by atoms with E-state index in [1.807, 2.05) is 0 Å². The van der Waals surface area contributed by atoms with Crippen LogP contribution in [0.4, 0.5) is 0 Å². The highest BCUT2D eigenvalue weighted by Gasteiger charge is 2.32. The largest absolute Gasteiger partial charge is 0.345 e. The van der Waals surface area contributed by atoms with Crippen LogP contribution >= 0.6 is 11.6 Å². The van der Waals surface area contributed by atoms with E-state index in [4.69, 9.17) is 11.6 Å². The number of benzene rings is 2. The average Bonchev–Trinajstić information content (AvgIpc) is 3.28. The molecule has 3 heterocycles. The van der Waals surface area contributed by atoms with Crippen LogP contribution in [0.1, 0.15) is 10.4 Å². The number of aromatic nitrogens is 3. The van der Waals surface area contributed by atoms with Crippen LogP contribution in [0, 0.1) is 0 Å². The number of hydrogen-bond donors (Lipinski definition) is 2. The highest BCUT2D eigenvalue weighted by molar-refractivity contribution is 7.89. The van der Waals surface area contributed by atoms with Crippen molar-refractivity contribution in [3.8, 4) is 11.3 Å². The molecule has 1 aliphatic rings. The van der Waals surface area contributed by atoms with Crippen LogP contribution in [-0.4, -0.2) is 64.7 Å². The second-order valence-corrected chi connectivity index (χ2v) is 10.2. The van der Waals surface area contributed by atoms with Gasteiger partial charge in [0.25, 0.3) is 15.9 Å². The van der Waals surface area contributed by atoms with E-state index >= 15 is 0 Å². The van der Waals surface area contributed by atoms with E-state index in [1.54, 1.807) is 59.5 Å². The molecule has 2 aromatic carbocycles. The highest BCUT2D eigenvalue weighted by Crippen LogP contribution is 2.26. The summed E-state index contributed by atoms with van der Waals surface area (Å²) in [5.41, 5.74) is 1.68. The van der Waals surface area contributed by atoms with Crippen molar-refractivity contribution in [3.05, 3.63) is 81.9 Å². The zero-order valence-corrected chi connectivity index (χ0v) is 19.4. The Bertz CT molecular complexity index is 1550. The van der Waals surface area contributed by atoms with Crippen molar-refractivity contribution in [1.82, 2.24) is 24.2 Å². The summed E-state index contributed by atoms with van der Waals surface area (Å²) >= 11 is 6.01. The van der Waals surface area contributed by atoms with E-state index in [2.05, 4.69) is 15.0 Å². The normalized spacial score (nSPS) is 15.0. The first-order valence-electron chi connectivity index (χ1n) is 10.6. The third-order valence-corrected chi connectivity index (χ3v) is 7.88. The summed E-state index contributed by atoms with van der Waals surface area (Å²) in [6, 6.07) is 15.3. The summed E-state index contributed by atoms with van der Waals surface area (Å²) in [5.74, 6) is -0.231. The minimum atomic E-state index is -3.76. The number of halogens is 1. The van der Waals surface area contributed by atoms with E-state index < -0.39 is 15.7 Å². The SMILES string of the molecule is O=C(c1ccccc1-c1ccnc(=O)[nH]1)N1CCN(S(=O)(=O)c2cc3cc(Cl)ccc3[nH]2)CC1. The fourth-order valence-electron chi connectivity index (χ4n) is 4.09. The third kappa shape index (κ3) is 4.11. The standard InChI is InChI=1S/C23H20ClN5O4S/c24-16-5-6-19-15(13-16)14-21(26-19)34(32,33)29-11-9-28(10-12-29)22(30)18-4-2-1-3-17(18)20-7-8-25-23(31)27-20/h1-8,13-14,26H,9-12H2,(H,25,27,31). The Balaban J connectivity index is 1.34. The molecule has 0 bridgehead atoms. The van der Waals surface area contributed by atoms with Gasteiger partial charge in [-0.15, -0.1) is 0 Å². The summed E-state index contributed by atoms with van der Waals surface area (Å²) in [7, 11) is -3.76. The van der Waals surface area contributed by atoms with E-state index in [9.17, 15) is 18.0 Å². The van der Waals surface area contributed by atoms with Crippen LogP contribution in [0.3, 0.4) is 0 Å². The fourth-order valence-corrected chi connectivity index (χ4v) is 5.70. The first-order valence-corrected chi connectivity index (χ1v) is 12.4. The maximum absolute atomic E-state index is 13.3. The number of hydrogen-bond acceptors (Lipinski definition) is 5. The van der Waals surface area contributed by atoms with Crippen molar-refractivity contribution < 1.29 is 13.2 Å². The number of nitrogens with zero attached hydrogens (tertiary/aromatic N) is 3. The number of rotatable bonds is 4. The molecule has 0 radical (unpaired) electrons. The Labute approximate surface area is 200 Å². The molecule has 9 nitrogen and oxygen atoms in total. The molecule has 1 amide bonds. The molecule has 0 spiro atoms. The number of amides is 1. The number of piperazine rings is 1. The van der Waals surface area contributed by atoms with Gasteiger partial charge in [0.05, 0.1) is 5.69 Å². The third-order valence-electron chi connectivity index (χ3n) is 5.82. The summed E-state index contributed by atoms with van der Waals surface area (Å²) < 4.78 is 27.7. The van der Waals surface area contributed by atoms with Crippen LogP contribution in [-0.2, 0) is 10.0 Å². The van der Waals surface area contributed by atoms with Gasteiger partial charge in [-0.25, -0.2) is 18.2 Å². The summed E-state index contributed by atoms with van der Waals surface area (Å²) in [6.07, 6.45) is 1.39. The Kier molecular flexibility index (Phi) is 5.72. The zero-order valence-electron chi connectivity index (χ0n) is 17.9. The number of aromatic amines is 2. The Hall–Kier alpha value is -3.47. The lowest BCUT2D eigenvalue weighted by atomic mass is 10.0. The Morgan fingerprint density at radius 1 is 0.971 bits per heavy atom. The summed E-state index contributed by atoms with van der Waals surface area (Å²) in [4.78, 5) is 35.8.